The average Bonchev–Trinajstić information content (AvgIpc) is 2.69. The quantitative estimate of drug-likeness (QED) is 0.645. The van der Waals surface area contributed by atoms with Crippen molar-refractivity contribution in [1.82, 2.24) is 14.9 Å². The van der Waals surface area contributed by atoms with E-state index < -0.39 is 0 Å². The minimum absolute atomic E-state index is 0.761. The van der Waals surface area contributed by atoms with Gasteiger partial charge in [-0.05, 0) is 44.1 Å². The maximum Gasteiger partial charge on any atom is 0.162 e. The molecule has 0 unspecified atom stereocenters. The Morgan fingerprint density at radius 1 is 0.962 bits per heavy atom. The van der Waals surface area contributed by atoms with E-state index in [1.54, 1.807) is 0 Å². The molecule has 2 aromatic carbocycles. The van der Waals surface area contributed by atoms with Crippen molar-refractivity contribution < 1.29 is 0 Å². The third-order valence-electron chi connectivity index (χ3n) is 4.86. The average molecular weight is 411 g/mol. The van der Waals surface area contributed by atoms with Crippen LogP contribution in [0, 0.1) is 0 Å². The molecular weight excluding hydrogens is 388 g/mol. The van der Waals surface area contributed by atoms with Gasteiger partial charge >= 0.3 is 0 Å². The van der Waals surface area contributed by atoms with Crippen molar-refractivity contribution in [1.29, 1.82) is 0 Å². The number of rotatable bonds is 5. The number of aromatic nitrogens is 2. The number of anilines is 1. The first-order chi connectivity index (χ1) is 12.8. The predicted molar refractivity (Wildman–Crippen MR) is 111 cm³/mol. The monoisotopic (exact) mass is 410 g/mol. The van der Waals surface area contributed by atoms with Crippen LogP contribution in [-0.2, 0) is 0 Å². The summed E-state index contributed by atoms with van der Waals surface area (Å²) in [6.07, 6.45) is 4.01. The van der Waals surface area contributed by atoms with Gasteiger partial charge < -0.3 is 10.2 Å². The van der Waals surface area contributed by atoms with E-state index in [1.165, 1.54) is 32.4 Å². The third-order valence-corrected chi connectivity index (χ3v) is 5.35. The predicted octanol–water partition coefficient (Wildman–Crippen LogP) is 4.96. The number of halogens is 1. The highest BCUT2D eigenvalue weighted by molar-refractivity contribution is 9.10. The van der Waals surface area contributed by atoms with Crippen LogP contribution in [0.5, 0.6) is 0 Å². The van der Waals surface area contributed by atoms with Crippen molar-refractivity contribution >= 4 is 32.7 Å². The van der Waals surface area contributed by atoms with E-state index >= 15 is 0 Å². The van der Waals surface area contributed by atoms with Crippen molar-refractivity contribution in [2.45, 2.75) is 19.3 Å². The van der Waals surface area contributed by atoms with Gasteiger partial charge in [0.05, 0.1) is 5.52 Å². The van der Waals surface area contributed by atoms with E-state index in [9.17, 15) is 0 Å². The fourth-order valence-electron chi connectivity index (χ4n) is 3.47. The number of hydrogen-bond donors (Lipinski definition) is 1. The molecule has 0 bridgehead atoms. The van der Waals surface area contributed by atoms with Crippen molar-refractivity contribution in [2.24, 2.45) is 0 Å². The Morgan fingerprint density at radius 2 is 1.77 bits per heavy atom. The summed E-state index contributed by atoms with van der Waals surface area (Å²) in [4.78, 5) is 12.1. The van der Waals surface area contributed by atoms with E-state index in [0.717, 1.165) is 45.7 Å². The molecule has 5 heteroatoms. The Kier molecular flexibility index (Phi) is 5.46. The molecule has 4 rings (SSSR count). The van der Waals surface area contributed by atoms with Crippen molar-refractivity contribution in [3.63, 3.8) is 0 Å². The molecule has 0 spiro atoms. The number of benzene rings is 2. The molecule has 1 fully saturated rings. The molecule has 0 aliphatic carbocycles. The Bertz CT molecular complexity index is 876. The Hall–Kier alpha value is -1.98. The molecule has 1 aliphatic heterocycles. The zero-order valence-corrected chi connectivity index (χ0v) is 16.4. The molecule has 3 aromatic rings. The van der Waals surface area contributed by atoms with E-state index in [1.807, 2.05) is 24.3 Å². The van der Waals surface area contributed by atoms with Crippen LogP contribution in [0.2, 0.25) is 0 Å². The molecule has 2 heterocycles. The highest BCUT2D eigenvalue weighted by Crippen LogP contribution is 2.27. The Labute approximate surface area is 162 Å². The summed E-state index contributed by atoms with van der Waals surface area (Å²) < 4.78 is 1.03. The number of likely N-dealkylation sites (tertiary alicyclic amines) is 1. The van der Waals surface area contributed by atoms with Gasteiger partial charge in [0.1, 0.15) is 5.82 Å². The molecule has 1 N–H and O–H groups in total. The van der Waals surface area contributed by atoms with Gasteiger partial charge in [0.25, 0.3) is 0 Å². The summed E-state index contributed by atoms with van der Waals surface area (Å²) in [5, 5.41) is 4.62. The molecule has 0 atom stereocenters. The first-order valence-electron chi connectivity index (χ1n) is 9.28. The Balaban J connectivity index is 1.61. The van der Waals surface area contributed by atoms with E-state index in [-0.39, 0.29) is 0 Å². The first-order valence-corrected chi connectivity index (χ1v) is 10.1. The Morgan fingerprint density at radius 3 is 2.58 bits per heavy atom. The summed E-state index contributed by atoms with van der Waals surface area (Å²) in [6.45, 7) is 4.39. The fraction of sp³-hybridized carbons (Fsp3) is 0.333. The molecule has 1 aromatic heterocycles. The smallest absolute Gasteiger partial charge is 0.162 e. The standard InChI is InChI=1S/C21H23BrN4/c22-17-9-10-18-19(15-17)24-20(16-7-3-1-4-8-16)25-21(18)23-11-14-26-12-5-2-6-13-26/h1,3-4,7-10,15H,2,5-6,11-14H2,(H,23,24,25). The normalized spacial score (nSPS) is 15.3. The lowest BCUT2D eigenvalue weighted by molar-refractivity contribution is 0.237. The van der Waals surface area contributed by atoms with Gasteiger partial charge in [-0.2, -0.15) is 0 Å². The maximum absolute atomic E-state index is 4.83. The molecule has 0 saturated carbocycles. The molecular formula is C21H23BrN4. The van der Waals surface area contributed by atoms with E-state index in [2.05, 4.69) is 50.4 Å². The summed E-state index contributed by atoms with van der Waals surface area (Å²) >= 11 is 3.56. The number of nitrogens with one attached hydrogen (secondary N) is 1. The molecule has 26 heavy (non-hydrogen) atoms. The third kappa shape index (κ3) is 4.05. The van der Waals surface area contributed by atoms with Crippen LogP contribution in [0.3, 0.4) is 0 Å². The molecule has 0 amide bonds. The van der Waals surface area contributed by atoms with Crippen molar-refractivity contribution in [3.05, 3.63) is 53.0 Å². The zero-order chi connectivity index (χ0) is 17.8. The van der Waals surface area contributed by atoms with Crippen LogP contribution in [0.4, 0.5) is 5.82 Å². The lowest BCUT2D eigenvalue weighted by Crippen LogP contribution is -2.33. The highest BCUT2D eigenvalue weighted by atomic mass is 79.9. The van der Waals surface area contributed by atoms with E-state index in [0.29, 0.717) is 0 Å². The topological polar surface area (TPSA) is 41.0 Å². The minimum Gasteiger partial charge on any atom is -0.368 e. The van der Waals surface area contributed by atoms with Gasteiger partial charge in [-0.3, -0.25) is 0 Å². The zero-order valence-electron chi connectivity index (χ0n) is 14.8. The second-order valence-corrected chi connectivity index (χ2v) is 7.67. The van der Waals surface area contributed by atoms with E-state index in [4.69, 9.17) is 9.97 Å². The second kappa shape index (κ2) is 8.14. The molecule has 1 aliphatic rings. The van der Waals surface area contributed by atoms with Crippen LogP contribution < -0.4 is 5.32 Å². The minimum atomic E-state index is 0.761. The fourth-order valence-corrected chi connectivity index (χ4v) is 3.82. The maximum atomic E-state index is 4.83. The largest absolute Gasteiger partial charge is 0.368 e. The summed E-state index contributed by atoms with van der Waals surface area (Å²) in [6, 6.07) is 16.3. The SMILES string of the molecule is Brc1ccc2c(NCCN3CCCCC3)nc(-c3ccccc3)nc2c1. The van der Waals surface area contributed by atoms with Crippen LogP contribution >= 0.6 is 15.9 Å². The molecule has 4 nitrogen and oxygen atoms in total. The van der Waals surface area contributed by atoms with Crippen LogP contribution in [0.15, 0.2) is 53.0 Å². The van der Waals surface area contributed by atoms with Gasteiger partial charge in [0.2, 0.25) is 0 Å². The number of nitrogens with zero attached hydrogens (tertiary/aromatic N) is 3. The van der Waals surface area contributed by atoms with Crippen molar-refractivity contribution in [2.75, 3.05) is 31.5 Å². The van der Waals surface area contributed by atoms with Gasteiger partial charge in [-0.1, -0.05) is 52.7 Å². The van der Waals surface area contributed by atoms with Gasteiger partial charge in [-0.15, -0.1) is 0 Å². The second-order valence-electron chi connectivity index (χ2n) is 6.75. The van der Waals surface area contributed by atoms with Gasteiger partial charge in [0, 0.05) is 28.5 Å². The number of fused-ring (bicyclic) bond motifs is 1. The lowest BCUT2D eigenvalue weighted by atomic mass is 10.1. The molecule has 1 saturated heterocycles. The highest BCUT2D eigenvalue weighted by Gasteiger charge is 2.12. The number of piperidine rings is 1. The summed E-state index contributed by atoms with van der Waals surface area (Å²) in [7, 11) is 0. The molecule has 134 valence electrons. The lowest BCUT2D eigenvalue weighted by Gasteiger charge is -2.26. The van der Waals surface area contributed by atoms with Gasteiger partial charge in [0.15, 0.2) is 5.82 Å². The molecule has 0 radical (unpaired) electrons. The van der Waals surface area contributed by atoms with Crippen molar-refractivity contribution in [3.8, 4) is 11.4 Å². The summed E-state index contributed by atoms with van der Waals surface area (Å²) in [5.41, 5.74) is 1.99. The van der Waals surface area contributed by atoms with Crippen LogP contribution in [-0.4, -0.2) is 41.0 Å². The van der Waals surface area contributed by atoms with Crippen LogP contribution in [0.25, 0.3) is 22.3 Å². The van der Waals surface area contributed by atoms with Gasteiger partial charge in [-0.25, -0.2) is 9.97 Å². The summed E-state index contributed by atoms with van der Waals surface area (Å²) in [5.74, 6) is 1.68. The first kappa shape index (κ1) is 17.4. The number of hydrogen-bond acceptors (Lipinski definition) is 4. The van der Waals surface area contributed by atoms with Crippen LogP contribution in [0.1, 0.15) is 19.3 Å².